The van der Waals surface area contributed by atoms with Gasteiger partial charge < -0.3 is 5.11 Å². The average Bonchev–Trinajstić information content (AvgIpc) is 2.81. The van der Waals surface area contributed by atoms with Crippen LogP contribution in [0.5, 0.6) is 0 Å². The molecule has 0 aromatic carbocycles. The zero-order valence-corrected chi connectivity index (χ0v) is 9.77. The van der Waals surface area contributed by atoms with E-state index < -0.39 is 5.60 Å². The van der Waals surface area contributed by atoms with Crippen molar-refractivity contribution in [2.45, 2.75) is 25.9 Å². The number of nitrogens with zero attached hydrogens (tertiary/aromatic N) is 3. The summed E-state index contributed by atoms with van der Waals surface area (Å²) in [5.41, 5.74) is 1.77. The molecule has 2 aliphatic rings. The monoisotopic (exact) mass is 219 g/mol. The molecule has 3 atom stereocenters. The zero-order valence-electron chi connectivity index (χ0n) is 9.77. The lowest BCUT2D eigenvalue weighted by atomic mass is 9.84. The van der Waals surface area contributed by atoms with Gasteiger partial charge in [-0.3, -0.25) is 14.9 Å². The van der Waals surface area contributed by atoms with E-state index in [0.717, 1.165) is 43.1 Å². The normalized spacial score (nSPS) is 36.9. The molecular formula is C12H17N3O. The van der Waals surface area contributed by atoms with E-state index in [0.29, 0.717) is 5.92 Å². The number of hydrogen-bond donors (Lipinski definition) is 1. The van der Waals surface area contributed by atoms with Gasteiger partial charge in [0.25, 0.3) is 0 Å². The molecule has 1 aromatic rings. The molecule has 16 heavy (non-hydrogen) atoms. The van der Waals surface area contributed by atoms with Crippen molar-refractivity contribution in [2.24, 2.45) is 5.92 Å². The van der Waals surface area contributed by atoms with Crippen LogP contribution in [0.25, 0.3) is 0 Å². The van der Waals surface area contributed by atoms with Gasteiger partial charge in [-0.15, -0.1) is 0 Å². The highest BCUT2D eigenvalue weighted by Gasteiger charge is 2.51. The van der Waals surface area contributed by atoms with Crippen molar-refractivity contribution in [2.75, 3.05) is 19.6 Å². The van der Waals surface area contributed by atoms with Crippen LogP contribution in [0, 0.1) is 19.8 Å². The second-order valence-corrected chi connectivity index (χ2v) is 5.09. The summed E-state index contributed by atoms with van der Waals surface area (Å²) >= 11 is 0. The molecule has 3 heterocycles. The second kappa shape index (κ2) is 3.25. The van der Waals surface area contributed by atoms with Gasteiger partial charge in [0.05, 0.1) is 17.1 Å². The van der Waals surface area contributed by atoms with E-state index in [4.69, 9.17) is 0 Å². The summed E-state index contributed by atoms with van der Waals surface area (Å²) in [6, 6.07) is 0. The largest absolute Gasteiger partial charge is 0.382 e. The molecule has 2 fully saturated rings. The maximum Gasteiger partial charge on any atom is 0.125 e. The Balaban J connectivity index is 2.06. The molecule has 0 amide bonds. The zero-order chi connectivity index (χ0) is 11.3. The molecule has 0 spiro atoms. The fraction of sp³-hybridized carbons (Fsp3) is 0.667. The van der Waals surface area contributed by atoms with Crippen molar-refractivity contribution in [1.29, 1.82) is 0 Å². The number of aryl methyl sites for hydroxylation is 2. The Bertz CT molecular complexity index is 434. The standard InChI is InChI=1S/C12H17N3O/c1-8-5-13-9(2)11(14-8)12(16)7-15-4-3-10(12)6-15/h5,10,16H,3-4,6-7H2,1-2H3. The number of hydrogen-bond acceptors (Lipinski definition) is 4. The molecule has 2 saturated heterocycles. The van der Waals surface area contributed by atoms with Crippen LogP contribution in [-0.4, -0.2) is 39.6 Å². The SMILES string of the molecule is Cc1cnc(C)c(C2(O)CN3CCC2C3)n1. The molecule has 86 valence electrons. The lowest BCUT2D eigenvalue weighted by Crippen LogP contribution is -2.41. The summed E-state index contributed by atoms with van der Waals surface area (Å²) < 4.78 is 0. The first-order valence-corrected chi connectivity index (χ1v) is 5.85. The minimum absolute atomic E-state index is 0.335. The van der Waals surface area contributed by atoms with Gasteiger partial charge in [0.15, 0.2) is 0 Å². The number of rotatable bonds is 1. The Morgan fingerprint density at radius 3 is 2.94 bits per heavy atom. The molecule has 2 bridgehead atoms. The van der Waals surface area contributed by atoms with Crippen molar-refractivity contribution in [1.82, 2.24) is 14.9 Å². The Kier molecular flexibility index (Phi) is 2.06. The molecule has 4 heteroatoms. The number of aromatic nitrogens is 2. The van der Waals surface area contributed by atoms with E-state index in [2.05, 4.69) is 14.9 Å². The van der Waals surface area contributed by atoms with E-state index in [1.165, 1.54) is 0 Å². The van der Waals surface area contributed by atoms with Crippen LogP contribution in [-0.2, 0) is 5.60 Å². The topological polar surface area (TPSA) is 49.3 Å². The fourth-order valence-electron chi connectivity index (χ4n) is 3.05. The first-order valence-electron chi connectivity index (χ1n) is 5.85. The highest BCUT2D eigenvalue weighted by molar-refractivity contribution is 5.24. The second-order valence-electron chi connectivity index (χ2n) is 5.09. The first kappa shape index (κ1) is 10.2. The molecule has 0 radical (unpaired) electrons. The van der Waals surface area contributed by atoms with E-state index in [9.17, 15) is 5.11 Å². The van der Waals surface area contributed by atoms with Gasteiger partial charge in [-0.1, -0.05) is 0 Å². The van der Waals surface area contributed by atoms with Gasteiger partial charge in [0, 0.05) is 25.2 Å². The van der Waals surface area contributed by atoms with Crippen LogP contribution in [0.4, 0.5) is 0 Å². The van der Waals surface area contributed by atoms with Crippen LogP contribution in [0.1, 0.15) is 23.5 Å². The third-order valence-corrected chi connectivity index (χ3v) is 3.90. The van der Waals surface area contributed by atoms with Gasteiger partial charge in [0.1, 0.15) is 5.60 Å². The fourth-order valence-corrected chi connectivity index (χ4v) is 3.05. The summed E-state index contributed by atoms with van der Waals surface area (Å²) in [6.45, 7) is 6.70. The number of piperidine rings is 1. The molecule has 3 unspecified atom stereocenters. The summed E-state index contributed by atoms with van der Waals surface area (Å²) in [5.74, 6) is 0.335. The van der Waals surface area contributed by atoms with Crippen LogP contribution in [0.3, 0.4) is 0 Å². The number of fused-ring (bicyclic) bond motifs is 2. The summed E-state index contributed by atoms with van der Waals surface area (Å²) in [5, 5.41) is 10.8. The predicted octanol–water partition coefficient (Wildman–Crippen LogP) is 0.617. The number of aliphatic hydroxyl groups is 1. The van der Waals surface area contributed by atoms with Crippen LogP contribution >= 0.6 is 0 Å². The van der Waals surface area contributed by atoms with E-state index in [1.807, 2.05) is 13.8 Å². The lowest BCUT2D eigenvalue weighted by molar-refractivity contribution is -0.0149. The smallest absolute Gasteiger partial charge is 0.125 e. The minimum Gasteiger partial charge on any atom is -0.382 e. The Labute approximate surface area is 95.3 Å². The average molecular weight is 219 g/mol. The molecule has 4 nitrogen and oxygen atoms in total. The van der Waals surface area contributed by atoms with Gasteiger partial charge >= 0.3 is 0 Å². The van der Waals surface area contributed by atoms with Gasteiger partial charge in [0.2, 0.25) is 0 Å². The highest BCUT2D eigenvalue weighted by atomic mass is 16.3. The van der Waals surface area contributed by atoms with E-state index >= 15 is 0 Å². The quantitative estimate of drug-likeness (QED) is 0.752. The Morgan fingerprint density at radius 2 is 2.31 bits per heavy atom. The predicted molar refractivity (Wildman–Crippen MR) is 59.9 cm³/mol. The van der Waals surface area contributed by atoms with Crippen LogP contribution in [0.15, 0.2) is 6.20 Å². The molecule has 3 rings (SSSR count). The van der Waals surface area contributed by atoms with Crippen molar-refractivity contribution >= 4 is 0 Å². The van der Waals surface area contributed by atoms with Crippen molar-refractivity contribution < 1.29 is 5.11 Å². The third kappa shape index (κ3) is 1.30. The van der Waals surface area contributed by atoms with Gasteiger partial charge in [-0.25, -0.2) is 0 Å². The summed E-state index contributed by atoms with van der Waals surface area (Å²) in [4.78, 5) is 11.1. The highest BCUT2D eigenvalue weighted by Crippen LogP contribution is 2.43. The maximum absolute atomic E-state index is 10.8. The maximum atomic E-state index is 10.8. The molecule has 1 aromatic heterocycles. The first-order chi connectivity index (χ1) is 7.59. The molecule has 0 aliphatic carbocycles. The minimum atomic E-state index is -0.763. The van der Waals surface area contributed by atoms with Gasteiger partial charge in [-0.05, 0) is 26.8 Å². The van der Waals surface area contributed by atoms with Crippen molar-refractivity contribution in [3.8, 4) is 0 Å². The molecule has 2 aliphatic heterocycles. The third-order valence-electron chi connectivity index (χ3n) is 3.90. The summed E-state index contributed by atoms with van der Waals surface area (Å²) in [7, 11) is 0. The molecule has 0 saturated carbocycles. The van der Waals surface area contributed by atoms with E-state index in [-0.39, 0.29) is 0 Å². The van der Waals surface area contributed by atoms with Crippen LogP contribution in [0.2, 0.25) is 0 Å². The molecular weight excluding hydrogens is 202 g/mol. The van der Waals surface area contributed by atoms with Crippen molar-refractivity contribution in [3.05, 3.63) is 23.3 Å². The van der Waals surface area contributed by atoms with Crippen molar-refractivity contribution in [3.63, 3.8) is 0 Å². The lowest BCUT2D eigenvalue weighted by Gasteiger charge is -2.32. The molecule has 1 N–H and O–H groups in total. The van der Waals surface area contributed by atoms with E-state index in [1.54, 1.807) is 6.20 Å². The Morgan fingerprint density at radius 1 is 1.50 bits per heavy atom. The summed E-state index contributed by atoms with van der Waals surface area (Å²) in [6.07, 6.45) is 2.83. The Hall–Kier alpha value is -1.00. The van der Waals surface area contributed by atoms with Crippen LogP contribution < -0.4 is 0 Å². The van der Waals surface area contributed by atoms with Gasteiger partial charge in [-0.2, -0.15) is 0 Å².